The van der Waals surface area contributed by atoms with Crippen LogP contribution in [0.15, 0.2) is 48.5 Å². The van der Waals surface area contributed by atoms with Crippen LogP contribution in [-0.2, 0) is 0 Å². The fourth-order valence-electron chi connectivity index (χ4n) is 2.42. The van der Waals surface area contributed by atoms with Crippen molar-refractivity contribution in [2.75, 3.05) is 11.4 Å². The normalized spacial score (nSPS) is 10.5. The number of unbranched alkanes of at least 4 members (excludes halogenated alkanes) is 1. The van der Waals surface area contributed by atoms with Gasteiger partial charge in [-0.15, -0.1) is 0 Å². The summed E-state index contributed by atoms with van der Waals surface area (Å²) >= 11 is 0. The first-order chi connectivity index (χ1) is 9.24. The molecule has 2 aromatic carbocycles. The van der Waals surface area contributed by atoms with Crippen LogP contribution >= 0.6 is 0 Å². The van der Waals surface area contributed by atoms with E-state index in [0.717, 1.165) is 6.54 Å². The SMILES string of the molecule is CCCCN(c1ccccc1C)c1ccccc1C. The monoisotopic (exact) mass is 253 g/mol. The predicted molar refractivity (Wildman–Crippen MR) is 84.3 cm³/mol. The van der Waals surface area contributed by atoms with Crippen LogP contribution in [-0.4, -0.2) is 6.54 Å². The highest BCUT2D eigenvalue weighted by Crippen LogP contribution is 2.30. The Labute approximate surface area is 116 Å². The van der Waals surface area contributed by atoms with Crippen molar-refractivity contribution in [3.8, 4) is 0 Å². The average molecular weight is 253 g/mol. The molecule has 0 spiro atoms. The van der Waals surface area contributed by atoms with Crippen molar-refractivity contribution >= 4 is 11.4 Å². The van der Waals surface area contributed by atoms with Gasteiger partial charge in [0, 0.05) is 17.9 Å². The molecule has 1 heteroatoms. The molecule has 0 fully saturated rings. The third-order valence-corrected chi connectivity index (χ3v) is 3.55. The highest BCUT2D eigenvalue weighted by Gasteiger charge is 2.12. The minimum atomic E-state index is 1.08. The van der Waals surface area contributed by atoms with Gasteiger partial charge in [0.15, 0.2) is 0 Å². The van der Waals surface area contributed by atoms with Crippen LogP contribution in [0.4, 0.5) is 11.4 Å². The van der Waals surface area contributed by atoms with Gasteiger partial charge in [0.25, 0.3) is 0 Å². The topological polar surface area (TPSA) is 3.24 Å². The molecule has 0 saturated carbocycles. The molecule has 0 N–H and O–H groups in total. The first-order valence-electron chi connectivity index (χ1n) is 7.13. The molecule has 0 bridgehead atoms. The summed E-state index contributed by atoms with van der Waals surface area (Å²) in [5.41, 5.74) is 5.32. The zero-order valence-corrected chi connectivity index (χ0v) is 12.2. The number of hydrogen-bond acceptors (Lipinski definition) is 1. The number of anilines is 2. The van der Waals surface area contributed by atoms with Crippen molar-refractivity contribution in [2.24, 2.45) is 0 Å². The molecule has 0 aromatic heterocycles. The summed E-state index contributed by atoms with van der Waals surface area (Å²) in [4.78, 5) is 2.45. The lowest BCUT2D eigenvalue weighted by Crippen LogP contribution is -2.20. The van der Waals surface area contributed by atoms with Crippen molar-refractivity contribution < 1.29 is 0 Å². The third-order valence-electron chi connectivity index (χ3n) is 3.55. The summed E-state index contributed by atoms with van der Waals surface area (Å²) in [6, 6.07) is 17.3. The van der Waals surface area contributed by atoms with E-state index in [2.05, 4.69) is 74.2 Å². The first-order valence-corrected chi connectivity index (χ1v) is 7.13. The minimum absolute atomic E-state index is 1.08. The second kappa shape index (κ2) is 6.42. The second-order valence-electron chi connectivity index (χ2n) is 5.08. The van der Waals surface area contributed by atoms with Gasteiger partial charge in [-0.3, -0.25) is 0 Å². The van der Waals surface area contributed by atoms with E-state index in [0.29, 0.717) is 0 Å². The van der Waals surface area contributed by atoms with Gasteiger partial charge in [0.2, 0.25) is 0 Å². The molecule has 19 heavy (non-hydrogen) atoms. The lowest BCUT2D eigenvalue weighted by Gasteiger charge is -2.28. The van der Waals surface area contributed by atoms with Crippen LogP contribution in [0.25, 0.3) is 0 Å². The van der Waals surface area contributed by atoms with Gasteiger partial charge in [-0.05, 0) is 43.5 Å². The fourth-order valence-corrected chi connectivity index (χ4v) is 2.42. The molecule has 100 valence electrons. The van der Waals surface area contributed by atoms with E-state index in [-0.39, 0.29) is 0 Å². The van der Waals surface area contributed by atoms with E-state index >= 15 is 0 Å². The molecule has 0 saturated heterocycles. The molecule has 1 nitrogen and oxygen atoms in total. The van der Waals surface area contributed by atoms with Crippen LogP contribution in [0.3, 0.4) is 0 Å². The van der Waals surface area contributed by atoms with Gasteiger partial charge >= 0.3 is 0 Å². The summed E-state index contributed by atoms with van der Waals surface area (Å²) in [6.45, 7) is 7.69. The molecule has 0 radical (unpaired) electrons. The lowest BCUT2D eigenvalue weighted by atomic mass is 10.1. The molecular weight excluding hydrogens is 230 g/mol. The van der Waals surface area contributed by atoms with Crippen LogP contribution < -0.4 is 4.90 Å². The highest BCUT2D eigenvalue weighted by molar-refractivity contribution is 5.68. The first kappa shape index (κ1) is 13.7. The molecule has 2 rings (SSSR count). The second-order valence-corrected chi connectivity index (χ2v) is 5.08. The van der Waals surface area contributed by atoms with Crippen molar-refractivity contribution in [3.63, 3.8) is 0 Å². The van der Waals surface area contributed by atoms with E-state index < -0.39 is 0 Å². The maximum Gasteiger partial charge on any atom is 0.0440 e. The Bertz CT molecular complexity index is 485. The summed E-state index contributed by atoms with van der Waals surface area (Å²) in [7, 11) is 0. The standard InChI is InChI=1S/C18H23N/c1-4-5-14-19(17-12-8-6-10-15(17)2)18-13-9-7-11-16(18)3/h6-13H,4-5,14H2,1-3H3. The zero-order chi connectivity index (χ0) is 13.7. The largest absolute Gasteiger partial charge is 0.341 e. The van der Waals surface area contributed by atoms with E-state index in [1.54, 1.807) is 0 Å². The number of aryl methyl sites for hydroxylation is 2. The zero-order valence-electron chi connectivity index (χ0n) is 12.2. The highest BCUT2D eigenvalue weighted by atomic mass is 15.1. The Morgan fingerprint density at radius 3 is 1.68 bits per heavy atom. The Morgan fingerprint density at radius 1 is 0.789 bits per heavy atom. The lowest BCUT2D eigenvalue weighted by molar-refractivity contribution is 0.783. The van der Waals surface area contributed by atoms with Crippen molar-refractivity contribution in [2.45, 2.75) is 33.6 Å². The van der Waals surface area contributed by atoms with Crippen molar-refractivity contribution in [1.82, 2.24) is 0 Å². The van der Waals surface area contributed by atoms with E-state index in [1.807, 2.05) is 0 Å². The van der Waals surface area contributed by atoms with Gasteiger partial charge in [0.05, 0.1) is 0 Å². The van der Waals surface area contributed by atoms with Gasteiger partial charge in [-0.25, -0.2) is 0 Å². The van der Waals surface area contributed by atoms with E-state index in [4.69, 9.17) is 0 Å². The Kier molecular flexibility index (Phi) is 4.62. The quantitative estimate of drug-likeness (QED) is 0.704. The predicted octanol–water partition coefficient (Wildman–Crippen LogP) is 5.24. The number of hydrogen-bond donors (Lipinski definition) is 0. The van der Waals surface area contributed by atoms with Crippen LogP contribution in [0, 0.1) is 13.8 Å². The molecule has 0 aliphatic rings. The van der Waals surface area contributed by atoms with Gasteiger partial charge < -0.3 is 4.90 Å². The summed E-state index contributed by atoms with van der Waals surface area (Å²) < 4.78 is 0. The Hall–Kier alpha value is -1.76. The molecule has 0 amide bonds. The maximum atomic E-state index is 2.45. The summed E-state index contributed by atoms with van der Waals surface area (Å²) in [6.07, 6.45) is 2.43. The van der Waals surface area contributed by atoms with Gasteiger partial charge in [0.1, 0.15) is 0 Å². The average Bonchev–Trinajstić information content (AvgIpc) is 2.42. The molecule has 0 aliphatic carbocycles. The van der Waals surface area contributed by atoms with Gasteiger partial charge in [-0.1, -0.05) is 49.7 Å². The van der Waals surface area contributed by atoms with E-state index in [9.17, 15) is 0 Å². The number of para-hydroxylation sites is 2. The maximum absolute atomic E-state index is 2.45. The number of rotatable bonds is 5. The van der Waals surface area contributed by atoms with Crippen molar-refractivity contribution in [1.29, 1.82) is 0 Å². The van der Waals surface area contributed by atoms with Crippen LogP contribution in [0.5, 0.6) is 0 Å². The number of nitrogens with zero attached hydrogens (tertiary/aromatic N) is 1. The molecule has 0 heterocycles. The van der Waals surface area contributed by atoms with Gasteiger partial charge in [-0.2, -0.15) is 0 Å². The Balaban J connectivity index is 2.42. The third kappa shape index (κ3) is 3.17. The molecule has 0 unspecified atom stereocenters. The summed E-state index contributed by atoms with van der Waals surface area (Å²) in [5, 5.41) is 0. The van der Waals surface area contributed by atoms with Crippen LogP contribution in [0.2, 0.25) is 0 Å². The number of benzene rings is 2. The fraction of sp³-hybridized carbons (Fsp3) is 0.333. The molecule has 0 aliphatic heterocycles. The Morgan fingerprint density at radius 2 is 1.26 bits per heavy atom. The molecular formula is C18H23N. The molecule has 0 atom stereocenters. The van der Waals surface area contributed by atoms with Crippen molar-refractivity contribution in [3.05, 3.63) is 59.7 Å². The smallest absolute Gasteiger partial charge is 0.0440 e. The summed E-state index contributed by atoms with van der Waals surface area (Å²) in [5.74, 6) is 0. The minimum Gasteiger partial charge on any atom is -0.341 e. The molecule has 2 aromatic rings. The van der Waals surface area contributed by atoms with E-state index in [1.165, 1.54) is 35.3 Å². The van der Waals surface area contributed by atoms with Crippen LogP contribution in [0.1, 0.15) is 30.9 Å².